The molecule has 10 rings (SSSR count). The number of anilines is 2. The van der Waals surface area contributed by atoms with Crippen LogP contribution >= 0.6 is 34.3 Å². The number of piperazine rings is 2. The van der Waals surface area contributed by atoms with Crippen LogP contribution in [0.3, 0.4) is 0 Å². The number of hydrogen-bond donors (Lipinski definition) is 2. The van der Waals surface area contributed by atoms with E-state index in [1.807, 2.05) is 59.2 Å². The van der Waals surface area contributed by atoms with E-state index in [1.54, 1.807) is 6.92 Å². The van der Waals surface area contributed by atoms with E-state index in [9.17, 15) is 28.8 Å². The SMILES string of the molecule is Cc1c(C(=O)N2CCN(c3ccc(Cl)cc3)CC2)sc2ncn(CC(=O)NC3CCCCC3)c(=O)c12.Cc1c(C(=O)N2CCN(c3ccccc3)CC2)sc2ncn(CC(=O)NC3CCCCC3)c(=O)c12. The molecule has 4 aromatic heterocycles. The van der Waals surface area contributed by atoms with Crippen LogP contribution in [0.15, 0.2) is 76.8 Å². The van der Waals surface area contributed by atoms with Crippen LogP contribution in [-0.4, -0.2) is 117 Å². The number of carbonyl (C=O) groups excluding carboxylic acids is 4. The third kappa shape index (κ3) is 11.5. The first kappa shape index (κ1) is 49.9. The van der Waals surface area contributed by atoms with Crippen molar-refractivity contribution >= 4 is 89.7 Å². The lowest BCUT2D eigenvalue weighted by Gasteiger charge is -2.36. The van der Waals surface area contributed by atoms with E-state index in [1.165, 1.54) is 57.3 Å². The number of benzene rings is 2. The molecule has 0 atom stereocenters. The largest absolute Gasteiger partial charge is 0.368 e. The topological polar surface area (TPSA) is 175 Å². The van der Waals surface area contributed by atoms with Gasteiger partial charge in [-0.2, -0.15) is 0 Å². The van der Waals surface area contributed by atoms with Gasteiger partial charge in [-0.3, -0.25) is 37.9 Å². The number of para-hydroxylation sites is 1. The van der Waals surface area contributed by atoms with E-state index in [-0.39, 0.29) is 59.9 Å². The average molecular weight is 1020 g/mol. The molecule has 4 aliphatic rings. The maximum atomic E-state index is 13.4. The van der Waals surface area contributed by atoms with Gasteiger partial charge in [0.15, 0.2) is 0 Å². The maximum Gasteiger partial charge on any atom is 0.264 e. The summed E-state index contributed by atoms with van der Waals surface area (Å²) < 4.78 is 2.70. The lowest BCUT2D eigenvalue weighted by atomic mass is 9.95. The molecule has 19 heteroatoms. The second-order valence-electron chi connectivity index (χ2n) is 19.0. The van der Waals surface area contributed by atoms with Crippen molar-refractivity contribution in [1.29, 1.82) is 0 Å². The predicted octanol–water partition coefficient (Wildman–Crippen LogP) is 7.01. The second-order valence-corrected chi connectivity index (χ2v) is 21.4. The smallest absolute Gasteiger partial charge is 0.264 e. The molecule has 2 aliphatic carbocycles. The zero-order valence-electron chi connectivity index (χ0n) is 40.4. The molecule has 6 heterocycles. The molecule has 0 bridgehead atoms. The maximum absolute atomic E-state index is 13.4. The molecule has 4 amide bonds. The number of fused-ring (bicyclic) bond motifs is 2. The molecular weight excluding hydrogens is 960 g/mol. The number of nitrogens with one attached hydrogen (secondary N) is 2. The van der Waals surface area contributed by atoms with Crippen molar-refractivity contribution in [3.63, 3.8) is 0 Å². The number of aromatic nitrogens is 4. The highest BCUT2D eigenvalue weighted by Gasteiger charge is 2.29. The normalized spacial score (nSPS) is 17.0. The van der Waals surface area contributed by atoms with Crippen molar-refractivity contribution in [2.24, 2.45) is 0 Å². The second kappa shape index (κ2) is 22.5. The van der Waals surface area contributed by atoms with Gasteiger partial charge in [-0.1, -0.05) is 68.3 Å². The van der Waals surface area contributed by atoms with Crippen LogP contribution in [0, 0.1) is 13.8 Å². The summed E-state index contributed by atoms with van der Waals surface area (Å²) in [4.78, 5) is 97.5. The molecule has 0 spiro atoms. The van der Waals surface area contributed by atoms with Gasteiger partial charge in [0.1, 0.15) is 22.8 Å². The van der Waals surface area contributed by atoms with Crippen LogP contribution in [0.4, 0.5) is 11.4 Å². The van der Waals surface area contributed by atoms with E-state index in [2.05, 4.69) is 42.5 Å². The fourth-order valence-corrected chi connectivity index (χ4v) is 12.6. The Bertz CT molecular complexity index is 3000. The van der Waals surface area contributed by atoms with Gasteiger partial charge in [-0.05, 0) is 87.1 Å². The van der Waals surface area contributed by atoms with E-state index in [0.29, 0.717) is 72.5 Å². The summed E-state index contributed by atoms with van der Waals surface area (Å²) in [6, 6.07) is 18.3. The Morgan fingerprint density at radius 1 is 0.563 bits per heavy atom. The number of thiophene rings is 2. The number of hydrogen-bond acceptors (Lipinski definition) is 12. The molecule has 0 radical (unpaired) electrons. The quantitative estimate of drug-likeness (QED) is 0.145. The molecule has 2 N–H and O–H groups in total. The van der Waals surface area contributed by atoms with E-state index >= 15 is 0 Å². The number of nitrogens with zero attached hydrogens (tertiary/aromatic N) is 8. The summed E-state index contributed by atoms with van der Waals surface area (Å²) in [5, 5.41) is 7.66. The number of rotatable bonds is 10. The monoisotopic (exact) mass is 1020 g/mol. The summed E-state index contributed by atoms with van der Waals surface area (Å²) in [7, 11) is 0. The first-order valence-electron chi connectivity index (χ1n) is 24.9. The van der Waals surface area contributed by atoms with Gasteiger partial charge < -0.3 is 30.2 Å². The lowest BCUT2D eigenvalue weighted by molar-refractivity contribution is -0.123. The molecule has 2 saturated carbocycles. The third-order valence-electron chi connectivity index (χ3n) is 14.2. The number of aryl methyl sites for hydroxylation is 2. The minimum atomic E-state index is -0.279. The zero-order chi connectivity index (χ0) is 49.6. The Kier molecular flexibility index (Phi) is 15.8. The van der Waals surface area contributed by atoms with Crippen LogP contribution in [0.2, 0.25) is 5.02 Å². The summed E-state index contributed by atoms with van der Waals surface area (Å²) in [6.07, 6.45) is 13.7. The highest BCUT2D eigenvalue weighted by molar-refractivity contribution is 7.21. The van der Waals surface area contributed by atoms with Crippen molar-refractivity contribution < 1.29 is 19.2 Å². The number of carbonyl (C=O) groups is 4. The van der Waals surface area contributed by atoms with Crippen LogP contribution in [0.25, 0.3) is 20.4 Å². The molecule has 4 fully saturated rings. The molecule has 2 aromatic carbocycles. The van der Waals surface area contributed by atoms with Gasteiger partial charge in [0.05, 0.1) is 33.2 Å². The summed E-state index contributed by atoms with van der Waals surface area (Å²) >= 11 is 8.51. The van der Waals surface area contributed by atoms with E-state index in [4.69, 9.17) is 11.6 Å². The Hall–Kier alpha value is -6.11. The van der Waals surface area contributed by atoms with E-state index in [0.717, 1.165) is 88.9 Å². The van der Waals surface area contributed by atoms with Crippen molar-refractivity contribution in [3.05, 3.63) is 114 Å². The Morgan fingerprint density at radius 3 is 1.37 bits per heavy atom. The molecule has 71 heavy (non-hydrogen) atoms. The highest BCUT2D eigenvalue weighted by Crippen LogP contribution is 2.31. The standard InChI is InChI=1S/C26H30ClN5O3S.C26H31N5O3S/c1-17-22-24(28-16-32(25(22)34)15-21(33)29-19-5-3-2-4-6-19)36-23(17)26(35)31-13-11-30(12-14-31)20-9-7-18(27)8-10-20;1-18-22-24(27-17-31(25(22)33)16-21(32)28-19-8-4-2-5-9-19)35-23(18)26(34)30-14-12-29(13-15-30)20-10-6-3-7-11-20/h7-10,16,19H,2-6,11-15H2,1H3,(H,29,33);3,6-7,10-11,17,19H,2,4-5,8-9,12-16H2,1H3,(H,28,32). The van der Waals surface area contributed by atoms with Gasteiger partial charge in [0.2, 0.25) is 11.8 Å². The summed E-state index contributed by atoms with van der Waals surface area (Å²) in [5.41, 5.74) is 2.99. The van der Waals surface area contributed by atoms with Crippen molar-refractivity contribution in [2.75, 3.05) is 62.2 Å². The number of amides is 4. The molecule has 6 aromatic rings. The Morgan fingerprint density at radius 2 is 0.958 bits per heavy atom. The first-order valence-corrected chi connectivity index (χ1v) is 26.9. The zero-order valence-corrected chi connectivity index (χ0v) is 42.8. The van der Waals surface area contributed by atoms with Gasteiger partial charge in [0.25, 0.3) is 22.9 Å². The molecule has 16 nitrogen and oxygen atoms in total. The number of halogens is 1. The van der Waals surface area contributed by atoms with Crippen LogP contribution in [-0.2, 0) is 22.7 Å². The molecule has 374 valence electrons. The summed E-state index contributed by atoms with van der Waals surface area (Å²) in [5.74, 6) is -0.472. The predicted molar refractivity (Wildman–Crippen MR) is 281 cm³/mol. The third-order valence-corrected chi connectivity index (χ3v) is 16.9. The first-order chi connectivity index (χ1) is 34.4. The van der Waals surface area contributed by atoms with Crippen LogP contribution in [0.5, 0.6) is 0 Å². The average Bonchev–Trinajstić information content (AvgIpc) is 3.92. The molecular formula is C52H61ClN10O6S2. The minimum absolute atomic E-state index is 0.0563. The van der Waals surface area contributed by atoms with Gasteiger partial charge in [-0.15, -0.1) is 22.7 Å². The molecule has 2 saturated heterocycles. The Balaban J connectivity index is 0.000000176. The fourth-order valence-electron chi connectivity index (χ4n) is 10.2. The summed E-state index contributed by atoms with van der Waals surface area (Å²) in [6.45, 7) is 8.89. The Labute approximate surface area is 425 Å². The van der Waals surface area contributed by atoms with Gasteiger partial charge in [-0.25, -0.2) is 9.97 Å². The van der Waals surface area contributed by atoms with Crippen molar-refractivity contribution in [1.82, 2.24) is 39.5 Å². The fraction of sp³-hybridized carbons (Fsp3) is 0.462. The molecule has 0 unspecified atom stereocenters. The molecule has 2 aliphatic heterocycles. The van der Waals surface area contributed by atoms with Crippen molar-refractivity contribution in [3.8, 4) is 0 Å². The van der Waals surface area contributed by atoms with Gasteiger partial charge >= 0.3 is 0 Å². The van der Waals surface area contributed by atoms with Crippen LogP contribution < -0.4 is 31.6 Å². The van der Waals surface area contributed by atoms with E-state index < -0.39 is 0 Å². The minimum Gasteiger partial charge on any atom is -0.368 e. The van der Waals surface area contributed by atoms with Crippen LogP contribution in [0.1, 0.15) is 94.7 Å². The lowest BCUT2D eigenvalue weighted by Crippen LogP contribution is -2.48. The highest BCUT2D eigenvalue weighted by atomic mass is 35.5. The van der Waals surface area contributed by atoms with Crippen molar-refractivity contribution in [2.45, 2.75) is 103 Å². The van der Waals surface area contributed by atoms with Gasteiger partial charge in [0, 0.05) is 80.8 Å².